The predicted octanol–water partition coefficient (Wildman–Crippen LogP) is 2.71. The van der Waals surface area contributed by atoms with E-state index in [1.165, 1.54) is 24.3 Å². The molecular formula is C31H34F3N5O7. The van der Waals surface area contributed by atoms with Gasteiger partial charge in [-0.1, -0.05) is 30.3 Å². The SMILES string of the molecule is Cc1ccccc1NC(=O)Nc1ccc(CC(=O)N[C@@H](CCCC[NH3+])C(=O)Nc2ccc(C(=O)O)cc2)cc1.O=C([O-])C(F)(F)F. The standard InChI is InChI=1S/C29H33N5O5.C2HF3O2/c1-19-6-2-3-7-24(19)34-29(39)32-23-13-9-20(10-14-23)18-26(35)33-25(8-4-5-17-30)27(36)31-22-15-11-21(12-16-22)28(37)38;3-2(4,5)1(6)7/h2-3,6-7,9-16,25H,4-5,8,17-18,30H2,1H3,(H,31,36)(H,33,35)(H,37,38)(H2,32,34,39);(H,6,7)/t25-;/m0./s1. The number of rotatable bonds is 12. The normalized spacial score (nSPS) is 11.2. The third kappa shape index (κ3) is 13.1. The molecule has 15 heteroatoms. The van der Waals surface area contributed by atoms with Gasteiger partial charge in [0.2, 0.25) is 11.8 Å². The van der Waals surface area contributed by atoms with Crippen molar-refractivity contribution < 1.29 is 53.1 Å². The van der Waals surface area contributed by atoms with Gasteiger partial charge in [-0.05, 0) is 79.8 Å². The third-order valence-corrected chi connectivity index (χ3v) is 6.25. The van der Waals surface area contributed by atoms with Crippen molar-refractivity contribution in [2.75, 3.05) is 22.5 Å². The molecule has 0 aliphatic rings. The average molecular weight is 646 g/mol. The first kappa shape index (κ1) is 36.8. The lowest BCUT2D eigenvalue weighted by atomic mass is 10.1. The number of aryl methyl sites for hydroxylation is 1. The van der Waals surface area contributed by atoms with Crippen LogP contribution in [0.25, 0.3) is 0 Å². The highest BCUT2D eigenvalue weighted by Gasteiger charge is 2.28. The van der Waals surface area contributed by atoms with E-state index >= 15 is 0 Å². The fourth-order valence-corrected chi connectivity index (χ4v) is 3.85. The van der Waals surface area contributed by atoms with Gasteiger partial charge in [0.1, 0.15) is 12.0 Å². The molecule has 0 aromatic heterocycles. The minimum Gasteiger partial charge on any atom is -0.542 e. The first-order valence-corrected chi connectivity index (χ1v) is 13.9. The van der Waals surface area contributed by atoms with E-state index in [0.717, 1.165) is 24.1 Å². The van der Waals surface area contributed by atoms with Gasteiger partial charge in [-0.25, -0.2) is 9.59 Å². The summed E-state index contributed by atoms with van der Waals surface area (Å²) in [5.41, 5.74) is 7.33. The summed E-state index contributed by atoms with van der Waals surface area (Å²) in [6, 6.07) is 19.1. The van der Waals surface area contributed by atoms with Crippen LogP contribution in [0.3, 0.4) is 0 Å². The molecule has 0 spiro atoms. The highest BCUT2D eigenvalue weighted by molar-refractivity contribution is 6.00. The lowest BCUT2D eigenvalue weighted by Crippen LogP contribution is -2.50. The number of urea groups is 1. The third-order valence-electron chi connectivity index (χ3n) is 6.25. The number of halogens is 3. The Labute approximate surface area is 262 Å². The summed E-state index contributed by atoms with van der Waals surface area (Å²) in [6.07, 6.45) is -3.16. The van der Waals surface area contributed by atoms with E-state index in [4.69, 9.17) is 15.0 Å². The molecule has 46 heavy (non-hydrogen) atoms. The number of unbranched alkanes of at least 4 members (excludes halogenated alkanes) is 1. The maximum atomic E-state index is 12.9. The number of carbonyl (C=O) groups is 5. The Morgan fingerprint density at radius 2 is 1.41 bits per heavy atom. The quantitative estimate of drug-likeness (QED) is 0.162. The Morgan fingerprint density at radius 3 is 1.96 bits per heavy atom. The first-order valence-electron chi connectivity index (χ1n) is 13.9. The van der Waals surface area contributed by atoms with Crippen molar-refractivity contribution in [3.8, 4) is 0 Å². The van der Waals surface area contributed by atoms with Gasteiger partial charge in [-0.15, -0.1) is 0 Å². The Morgan fingerprint density at radius 1 is 0.848 bits per heavy atom. The van der Waals surface area contributed by atoms with Crippen LogP contribution in [0.15, 0.2) is 72.8 Å². The van der Waals surface area contributed by atoms with Gasteiger partial charge >= 0.3 is 18.2 Å². The highest BCUT2D eigenvalue weighted by Crippen LogP contribution is 2.16. The molecule has 0 saturated carbocycles. The van der Waals surface area contributed by atoms with Crippen molar-refractivity contribution in [1.82, 2.24) is 5.32 Å². The Hall–Kier alpha value is -5.44. The van der Waals surface area contributed by atoms with Crippen LogP contribution in [0.2, 0.25) is 0 Å². The van der Waals surface area contributed by atoms with Crippen LogP contribution in [0, 0.1) is 6.92 Å². The van der Waals surface area contributed by atoms with Crippen molar-refractivity contribution in [2.24, 2.45) is 0 Å². The van der Waals surface area contributed by atoms with E-state index in [-0.39, 0.29) is 29.8 Å². The van der Waals surface area contributed by atoms with E-state index in [1.54, 1.807) is 24.3 Å². The summed E-state index contributed by atoms with van der Waals surface area (Å²) in [6.45, 7) is 2.63. The zero-order valence-corrected chi connectivity index (χ0v) is 24.8. The summed E-state index contributed by atoms with van der Waals surface area (Å²) < 4.78 is 31.5. The second-order valence-electron chi connectivity index (χ2n) is 9.89. The van der Waals surface area contributed by atoms with Crippen LogP contribution in [0.1, 0.15) is 40.7 Å². The molecule has 8 N–H and O–H groups in total. The van der Waals surface area contributed by atoms with Crippen molar-refractivity contribution in [2.45, 2.75) is 44.8 Å². The molecule has 0 saturated heterocycles. The van der Waals surface area contributed by atoms with Gasteiger partial charge < -0.3 is 42.0 Å². The zero-order chi connectivity index (χ0) is 34.3. The van der Waals surface area contributed by atoms with Crippen LogP contribution >= 0.6 is 0 Å². The van der Waals surface area contributed by atoms with Crippen molar-refractivity contribution in [3.63, 3.8) is 0 Å². The number of carboxylic acid groups (broad SMARTS) is 2. The maximum absolute atomic E-state index is 12.9. The Kier molecular flexibility index (Phi) is 14.2. The topological polar surface area (TPSA) is 204 Å². The number of hydrogen-bond donors (Lipinski definition) is 6. The van der Waals surface area contributed by atoms with Crippen LogP contribution in [0.4, 0.5) is 35.0 Å². The number of aliphatic carboxylic acids is 1. The maximum Gasteiger partial charge on any atom is 0.430 e. The van der Waals surface area contributed by atoms with Gasteiger partial charge in [-0.3, -0.25) is 9.59 Å². The number of nitrogens with one attached hydrogen (secondary N) is 4. The van der Waals surface area contributed by atoms with Crippen LogP contribution in [-0.4, -0.2) is 53.7 Å². The number of para-hydroxylation sites is 1. The smallest absolute Gasteiger partial charge is 0.430 e. The molecule has 3 rings (SSSR count). The first-order chi connectivity index (χ1) is 21.7. The molecule has 0 aliphatic carbocycles. The van der Waals surface area contributed by atoms with Crippen molar-refractivity contribution in [3.05, 3.63) is 89.5 Å². The Balaban J connectivity index is 0.000000942. The molecule has 1 atom stereocenters. The van der Waals surface area contributed by atoms with Crippen LogP contribution < -0.4 is 32.1 Å². The van der Waals surface area contributed by atoms with E-state index in [9.17, 15) is 32.3 Å². The second kappa shape index (κ2) is 17.8. The summed E-state index contributed by atoms with van der Waals surface area (Å²) in [5, 5.41) is 28.9. The fourth-order valence-electron chi connectivity index (χ4n) is 3.85. The summed E-state index contributed by atoms with van der Waals surface area (Å²) in [4.78, 5) is 57.8. The molecule has 12 nitrogen and oxygen atoms in total. The average Bonchev–Trinajstić information content (AvgIpc) is 2.99. The number of aromatic carboxylic acids is 1. The molecule has 0 bridgehead atoms. The minimum absolute atomic E-state index is 0.0576. The molecule has 4 amide bonds. The van der Waals surface area contributed by atoms with Crippen LogP contribution in [-0.2, 0) is 20.8 Å². The van der Waals surface area contributed by atoms with E-state index < -0.39 is 24.2 Å². The highest BCUT2D eigenvalue weighted by atomic mass is 19.4. The van der Waals surface area contributed by atoms with Gasteiger partial charge in [0, 0.05) is 17.1 Å². The molecule has 3 aromatic rings. The lowest BCUT2D eigenvalue weighted by Gasteiger charge is -2.18. The molecular weight excluding hydrogens is 611 g/mol. The van der Waals surface area contributed by atoms with E-state index in [1.807, 2.05) is 31.2 Å². The molecule has 0 unspecified atom stereocenters. The number of benzene rings is 3. The number of carboxylic acids is 2. The summed E-state index contributed by atoms with van der Waals surface area (Å²) in [5.74, 6) is -4.76. The van der Waals surface area contributed by atoms with Crippen LogP contribution in [0.5, 0.6) is 0 Å². The molecule has 246 valence electrons. The lowest BCUT2D eigenvalue weighted by molar-refractivity contribution is -0.368. The molecule has 0 fully saturated rings. The number of anilines is 3. The van der Waals surface area contributed by atoms with Crippen molar-refractivity contribution in [1.29, 1.82) is 0 Å². The monoisotopic (exact) mass is 645 g/mol. The number of hydrogen-bond acceptors (Lipinski definition) is 6. The summed E-state index contributed by atoms with van der Waals surface area (Å²) in [7, 11) is 0. The zero-order valence-electron chi connectivity index (χ0n) is 24.8. The van der Waals surface area contributed by atoms with Gasteiger partial charge in [0.05, 0.1) is 18.5 Å². The number of amides is 4. The number of carbonyl (C=O) groups excluding carboxylic acids is 4. The molecule has 0 aliphatic heterocycles. The van der Waals surface area contributed by atoms with Crippen molar-refractivity contribution >= 4 is 46.8 Å². The van der Waals surface area contributed by atoms with Gasteiger partial charge in [-0.2, -0.15) is 13.2 Å². The molecule has 3 aromatic carbocycles. The molecule has 0 radical (unpaired) electrons. The summed E-state index contributed by atoms with van der Waals surface area (Å²) >= 11 is 0. The van der Waals surface area contributed by atoms with Gasteiger partial charge in [0.15, 0.2) is 0 Å². The minimum atomic E-state index is -5.19. The second-order valence-corrected chi connectivity index (χ2v) is 9.89. The predicted molar refractivity (Wildman–Crippen MR) is 161 cm³/mol. The largest absolute Gasteiger partial charge is 0.542 e. The number of quaternary nitrogens is 1. The van der Waals surface area contributed by atoms with E-state index in [0.29, 0.717) is 29.9 Å². The molecule has 0 heterocycles. The van der Waals surface area contributed by atoms with E-state index in [2.05, 4.69) is 27.0 Å². The Bertz CT molecular complexity index is 1500. The number of alkyl halides is 3. The fraction of sp³-hybridized carbons (Fsp3) is 0.258. The van der Waals surface area contributed by atoms with Gasteiger partial charge in [0.25, 0.3) is 0 Å².